The number of rotatable bonds is 1. The molecule has 46 valence electrons. The molecule has 0 aromatic heterocycles. The van der Waals surface area contributed by atoms with Gasteiger partial charge in [0.15, 0.2) is 0 Å². The second-order valence-corrected chi connectivity index (χ2v) is 1.01. The number of carbonyl (C=O) groups is 1. The first-order valence-electron chi connectivity index (χ1n) is 1.55. The number of halogens is 1. The van der Waals surface area contributed by atoms with Crippen LogP contribution in [0.2, 0.25) is 0 Å². The summed E-state index contributed by atoms with van der Waals surface area (Å²) in [7, 11) is 0. The summed E-state index contributed by atoms with van der Waals surface area (Å²) < 4.78 is 0. The summed E-state index contributed by atoms with van der Waals surface area (Å²) in [4.78, 5) is 9.45. The Hall–Kier alpha value is 0.507. The largest absolute Gasteiger partial charge is 1.00 e. The quantitative estimate of drug-likeness (QED) is 0.426. The summed E-state index contributed by atoms with van der Waals surface area (Å²) >= 11 is 0. The van der Waals surface area contributed by atoms with Gasteiger partial charge in [-0.05, 0) is 6.92 Å². The molecular weight excluding hydrogens is 171 g/mol. The predicted molar refractivity (Wildman–Crippen MR) is 30.8 cm³/mol. The van der Waals surface area contributed by atoms with Crippen molar-refractivity contribution in [2.24, 2.45) is 0 Å². The van der Waals surface area contributed by atoms with Crippen LogP contribution in [0.5, 0.6) is 0 Å². The van der Waals surface area contributed by atoms with E-state index >= 15 is 0 Å². The van der Waals surface area contributed by atoms with E-state index in [0.717, 1.165) is 0 Å². The molecule has 2 N–H and O–H groups in total. The Labute approximate surface area is 71.5 Å². The average Bonchev–Trinajstić information content (AvgIpc) is 1.36. The first kappa shape index (κ1) is 15.8. The number of aliphatic carboxylic acids is 1. The Bertz CT molecular complexity index is 70.1. The fourth-order valence-corrected chi connectivity index (χ4v) is 0. The fourth-order valence-electron chi connectivity index (χ4n) is 0. The standard InChI is InChI=1S/C3H6O3.BrH.Li.H/c1-2(4)3(5)6;;;/h2,4H,1H3,(H,5,6);1H;;/q;;+1;-1. The van der Waals surface area contributed by atoms with Crippen molar-refractivity contribution in [2.75, 3.05) is 0 Å². The summed E-state index contributed by atoms with van der Waals surface area (Å²) in [6, 6.07) is 0. The third kappa shape index (κ3) is 9.72. The van der Waals surface area contributed by atoms with Crippen molar-refractivity contribution >= 4 is 23.0 Å². The third-order valence-electron chi connectivity index (χ3n) is 0.357. The molecule has 0 heterocycles. The molecule has 0 bridgehead atoms. The van der Waals surface area contributed by atoms with Crippen LogP contribution in [0.3, 0.4) is 0 Å². The van der Waals surface area contributed by atoms with Crippen molar-refractivity contribution in [1.29, 1.82) is 0 Å². The monoisotopic (exact) mass is 178 g/mol. The maximum Gasteiger partial charge on any atom is 1.00 e. The average molecular weight is 179 g/mol. The van der Waals surface area contributed by atoms with E-state index in [2.05, 4.69) is 0 Å². The molecule has 0 rings (SSSR count). The van der Waals surface area contributed by atoms with Crippen molar-refractivity contribution in [2.45, 2.75) is 13.0 Å². The van der Waals surface area contributed by atoms with Crippen molar-refractivity contribution in [3.63, 3.8) is 0 Å². The molecule has 0 aromatic rings. The van der Waals surface area contributed by atoms with Crippen molar-refractivity contribution in [3.8, 4) is 0 Å². The van der Waals surface area contributed by atoms with E-state index in [1.54, 1.807) is 0 Å². The number of aliphatic hydroxyl groups excluding tert-OH is 1. The molecule has 0 aliphatic carbocycles. The van der Waals surface area contributed by atoms with E-state index in [1.165, 1.54) is 6.92 Å². The van der Waals surface area contributed by atoms with Crippen molar-refractivity contribution in [3.05, 3.63) is 0 Å². The minimum Gasteiger partial charge on any atom is -1.00 e. The summed E-state index contributed by atoms with van der Waals surface area (Å²) in [5.41, 5.74) is 0. The second kappa shape index (κ2) is 7.51. The van der Waals surface area contributed by atoms with E-state index < -0.39 is 12.1 Å². The summed E-state index contributed by atoms with van der Waals surface area (Å²) in [5, 5.41) is 15.8. The van der Waals surface area contributed by atoms with Crippen molar-refractivity contribution < 1.29 is 35.3 Å². The summed E-state index contributed by atoms with van der Waals surface area (Å²) in [6.07, 6.45) is -1.23. The van der Waals surface area contributed by atoms with Crippen LogP contribution in [0, 0.1) is 0 Å². The molecule has 0 saturated heterocycles. The Morgan fingerprint density at radius 3 is 1.88 bits per heavy atom. The number of hydrogen-bond acceptors (Lipinski definition) is 2. The van der Waals surface area contributed by atoms with E-state index in [9.17, 15) is 4.79 Å². The number of hydrogen-bond donors (Lipinski definition) is 2. The topological polar surface area (TPSA) is 57.5 Å². The molecule has 0 spiro atoms. The molecule has 8 heavy (non-hydrogen) atoms. The second-order valence-electron chi connectivity index (χ2n) is 1.01. The maximum absolute atomic E-state index is 9.45. The van der Waals surface area contributed by atoms with E-state index in [-0.39, 0.29) is 37.3 Å². The van der Waals surface area contributed by atoms with Crippen LogP contribution in [0.4, 0.5) is 0 Å². The fraction of sp³-hybridized carbons (Fsp3) is 0.667. The predicted octanol–water partition coefficient (Wildman–Crippen LogP) is -2.85. The zero-order chi connectivity index (χ0) is 5.15. The molecule has 3 nitrogen and oxygen atoms in total. The van der Waals surface area contributed by atoms with E-state index in [1.807, 2.05) is 0 Å². The Kier molecular flexibility index (Phi) is 14.8. The Morgan fingerprint density at radius 2 is 1.88 bits per heavy atom. The van der Waals surface area contributed by atoms with Gasteiger partial charge in [0.05, 0.1) is 0 Å². The molecule has 0 aromatic carbocycles. The van der Waals surface area contributed by atoms with Crippen LogP contribution in [-0.4, -0.2) is 22.3 Å². The van der Waals surface area contributed by atoms with Crippen LogP contribution in [0.25, 0.3) is 0 Å². The number of aliphatic hydroxyl groups is 1. The number of carboxylic acids is 1. The van der Waals surface area contributed by atoms with Gasteiger partial charge in [0, 0.05) is 0 Å². The molecule has 0 aliphatic rings. The zero-order valence-electron chi connectivity index (χ0n) is 5.79. The number of carboxylic acid groups (broad SMARTS) is 1. The molecule has 0 fully saturated rings. The molecule has 5 heteroatoms. The van der Waals surface area contributed by atoms with Gasteiger partial charge < -0.3 is 11.6 Å². The van der Waals surface area contributed by atoms with Gasteiger partial charge in [-0.3, -0.25) is 0 Å². The SMILES string of the molecule is Br.CC(O)C(=O)O.[H-].[Li+]. The molecule has 0 aliphatic heterocycles. The van der Waals surface area contributed by atoms with Crippen LogP contribution in [0.1, 0.15) is 8.35 Å². The molecule has 0 amide bonds. The van der Waals surface area contributed by atoms with Crippen LogP contribution < -0.4 is 18.9 Å². The summed E-state index contributed by atoms with van der Waals surface area (Å²) in [5.74, 6) is -1.19. The first-order valence-corrected chi connectivity index (χ1v) is 1.55. The molecule has 0 saturated carbocycles. The van der Waals surface area contributed by atoms with Crippen LogP contribution in [0.15, 0.2) is 0 Å². The van der Waals surface area contributed by atoms with Gasteiger partial charge in [-0.25, -0.2) is 4.79 Å². The Balaban J connectivity index is -0.0000000417. The summed E-state index contributed by atoms with van der Waals surface area (Å²) in [6.45, 7) is 1.20. The van der Waals surface area contributed by atoms with Gasteiger partial charge in [-0.2, -0.15) is 0 Å². The zero-order valence-corrected chi connectivity index (χ0v) is 6.50. The smallest absolute Gasteiger partial charge is 1.00 e. The molecule has 0 radical (unpaired) electrons. The first-order chi connectivity index (χ1) is 2.64. The van der Waals surface area contributed by atoms with E-state index in [4.69, 9.17) is 10.2 Å². The minimum atomic E-state index is -1.23. The maximum atomic E-state index is 9.45. The van der Waals surface area contributed by atoms with Gasteiger partial charge in [0.25, 0.3) is 0 Å². The third-order valence-corrected chi connectivity index (χ3v) is 0.357. The van der Waals surface area contributed by atoms with Crippen LogP contribution >= 0.6 is 17.0 Å². The molecular formula is C3H8BrLiO3. The van der Waals surface area contributed by atoms with Crippen molar-refractivity contribution in [1.82, 2.24) is 0 Å². The van der Waals surface area contributed by atoms with E-state index in [0.29, 0.717) is 0 Å². The Morgan fingerprint density at radius 1 is 1.75 bits per heavy atom. The van der Waals surface area contributed by atoms with Gasteiger partial charge in [0.2, 0.25) is 0 Å². The minimum absolute atomic E-state index is 0. The van der Waals surface area contributed by atoms with Gasteiger partial charge >= 0.3 is 24.8 Å². The molecule has 1 atom stereocenters. The molecule has 1 unspecified atom stereocenters. The van der Waals surface area contributed by atoms with Gasteiger partial charge in [-0.15, -0.1) is 17.0 Å². The van der Waals surface area contributed by atoms with Crippen LogP contribution in [-0.2, 0) is 4.79 Å². The van der Waals surface area contributed by atoms with Gasteiger partial charge in [0.1, 0.15) is 6.10 Å². The van der Waals surface area contributed by atoms with Gasteiger partial charge in [-0.1, -0.05) is 0 Å². The normalized spacial score (nSPS) is 10.2.